The molecule has 4 rings (SSSR count). The van der Waals surface area contributed by atoms with Crippen molar-refractivity contribution in [3.63, 3.8) is 0 Å². The molecule has 4 saturated carbocycles. The lowest BCUT2D eigenvalue weighted by atomic mass is 9.83. The van der Waals surface area contributed by atoms with Crippen LogP contribution in [0.25, 0.3) is 0 Å². The van der Waals surface area contributed by atoms with E-state index in [2.05, 4.69) is 60.6 Å². The standard InChI is InChI=1S/C30H50S3/c1-3-23-5-9-25(10-6-23)21-31-27-13-17-29(18-14-27)33-30-19-15-28(16-20-30)32-22-26-11-7-24(4-2)8-12-26/h3-4,23-30H,1-2,5-22H2. The second-order valence-corrected chi connectivity index (χ2v) is 15.9. The van der Waals surface area contributed by atoms with Gasteiger partial charge in [-0.05, 0) is 138 Å². The zero-order chi connectivity index (χ0) is 22.9. The maximum atomic E-state index is 4.00. The molecule has 4 fully saturated rings. The summed E-state index contributed by atoms with van der Waals surface area (Å²) < 4.78 is 0. The van der Waals surface area contributed by atoms with Gasteiger partial charge in [-0.25, -0.2) is 0 Å². The Bertz CT molecular complexity index is 507. The highest BCUT2D eigenvalue weighted by molar-refractivity contribution is 8.01. The Morgan fingerprint density at radius 2 is 0.788 bits per heavy atom. The van der Waals surface area contributed by atoms with E-state index in [0.29, 0.717) is 0 Å². The molecule has 0 unspecified atom stereocenters. The molecule has 0 radical (unpaired) electrons. The van der Waals surface area contributed by atoms with Gasteiger partial charge in [-0.15, -0.1) is 13.2 Å². The molecule has 0 aromatic heterocycles. The molecule has 0 atom stereocenters. The molecule has 0 nitrogen and oxygen atoms in total. The molecule has 0 aromatic rings. The average Bonchev–Trinajstić information content (AvgIpc) is 2.88. The molecule has 3 heteroatoms. The predicted octanol–water partition coefficient (Wildman–Crippen LogP) is 9.79. The van der Waals surface area contributed by atoms with Crippen LogP contribution in [0.5, 0.6) is 0 Å². The van der Waals surface area contributed by atoms with Crippen LogP contribution in [0.2, 0.25) is 0 Å². The zero-order valence-corrected chi connectivity index (χ0v) is 23.6. The first-order valence-corrected chi connectivity index (χ1v) is 17.4. The topological polar surface area (TPSA) is 0 Å². The van der Waals surface area contributed by atoms with Crippen LogP contribution in [-0.4, -0.2) is 32.5 Å². The fourth-order valence-corrected chi connectivity index (χ4v) is 11.3. The van der Waals surface area contributed by atoms with E-state index in [-0.39, 0.29) is 0 Å². The predicted molar refractivity (Wildman–Crippen MR) is 156 cm³/mol. The Kier molecular flexibility index (Phi) is 11.5. The number of allylic oxidation sites excluding steroid dienone is 2. The monoisotopic (exact) mass is 506 g/mol. The van der Waals surface area contributed by atoms with Gasteiger partial charge in [0.05, 0.1) is 0 Å². The van der Waals surface area contributed by atoms with Crippen molar-refractivity contribution in [1.82, 2.24) is 0 Å². The first-order valence-electron chi connectivity index (χ1n) is 14.4. The number of thioether (sulfide) groups is 3. The third kappa shape index (κ3) is 8.85. The van der Waals surface area contributed by atoms with Crippen molar-refractivity contribution in [2.75, 3.05) is 11.5 Å². The van der Waals surface area contributed by atoms with E-state index in [0.717, 1.165) is 44.7 Å². The van der Waals surface area contributed by atoms with Gasteiger partial charge in [0.25, 0.3) is 0 Å². The van der Waals surface area contributed by atoms with Crippen LogP contribution in [0.4, 0.5) is 0 Å². The first-order chi connectivity index (χ1) is 16.2. The SMILES string of the molecule is C=CC1CCC(CSC2CCC(SC3CCC(SCC4CCC(C=C)CC4)CC3)CC2)CC1. The summed E-state index contributed by atoms with van der Waals surface area (Å²) in [5.41, 5.74) is 0. The van der Waals surface area contributed by atoms with Crippen LogP contribution in [0, 0.1) is 23.7 Å². The summed E-state index contributed by atoms with van der Waals surface area (Å²) >= 11 is 7.08. The van der Waals surface area contributed by atoms with Gasteiger partial charge in [0.15, 0.2) is 0 Å². The van der Waals surface area contributed by atoms with Crippen LogP contribution >= 0.6 is 35.3 Å². The highest BCUT2D eigenvalue weighted by atomic mass is 32.2. The Hall–Kier alpha value is 0.530. The van der Waals surface area contributed by atoms with E-state index in [1.807, 2.05) is 0 Å². The van der Waals surface area contributed by atoms with Crippen LogP contribution in [0.15, 0.2) is 25.3 Å². The molecule has 0 amide bonds. The molecular formula is C30H50S3. The minimum absolute atomic E-state index is 0.815. The van der Waals surface area contributed by atoms with Gasteiger partial charge in [0.2, 0.25) is 0 Å². The Balaban J connectivity index is 1.03. The molecule has 0 aromatic carbocycles. The molecule has 188 valence electrons. The summed E-state index contributed by atoms with van der Waals surface area (Å²) in [6, 6.07) is 0. The van der Waals surface area contributed by atoms with Gasteiger partial charge in [0, 0.05) is 21.0 Å². The van der Waals surface area contributed by atoms with Crippen molar-refractivity contribution in [3.8, 4) is 0 Å². The van der Waals surface area contributed by atoms with Gasteiger partial charge < -0.3 is 0 Å². The van der Waals surface area contributed by atoms with E-state index >= 15 is 0 Å². The van der Waals surface area contributed by atoms with E-state index in [4.69, 9.17) is 0 Å². The second kappa shape index (κ2) is 14.3. The van der Waals surface area contributed by atoms with Crippen molar-refractivity contribution in [1.29, 1.82) is 0 Å². The normalized spacial score (nSPS) is 40.2. The van der Waals surface area contributed by atoms with Gasteiger partial charge in [0.1, 0.15) is 0 Å². The summed E-state index contributed by atoms with van der Waals surface area (Å²) in [5.74, 6) is 6.49. The molecule has 0 spiro atoms. The minimum Gasteiger partial charge on any atom is -0.158 e. The molecule has 0 heterocycles. The van der Waals surface area contributed by atoms with E-state index in [9.17, 15) is 0 Å². The lowest BCUT2D eigenvalue weighted by molar-refractivity contribution is 0.335. The van der Waals surface area contributed by atoms with E-state index in [1.54, 1.807) is 0 Å². The van der Waals surface area contributed by atoms with Crippen molar-refractivity contribution in [2.24, 2.45) is 23.7 Å². The van der Waals surface area contributed by atoms with Crippen LogP contribution in [-0.2, 0) is 0 Å². The molecule has 0 N–H and O–H groups in total. The van der Waals surface area contributed by atoms with Gasteiger partial charge in [-0.1, -0.05) is 12.2 Å². The van der Waals surface area contributed by atoms with Crippen LogP contribution in [0.1, 0.15) is 103 Å². The van der Waals surface area contributed by atoms with Crippen LogP contribution in [0.3, 0.4) is 0 Å². The fraction of sp³-hybridized carbons (Fsp3) is 0.867. The fourth-order valence-electron chi connectivity index (χ4n) is 6.67. The minimum atomic E-state index is 0.815. The maximum Gasteiger partial charge on any atom is 0.00506 e. The molecule has 33 heavy (non-hydrogen) atoms. The zero-order valence-electron chi connectivity index (χ0n) is 21.1. The average molecular weight is 507 g/mol. The summed E-state index contributed by atoms with van der Waals surface area (Å²) in [6.07, 6.45) is 27.7. The van der Waals surface area contributed by atoms with Crippen LogP contribution < -0.4 is 0 Å². The smallest absolute Gasteiger partial charge is 0.00506 e. The Labute approximate surface area is 218 Å². The molecule has 4 aliphatic carbocycles. The third-order valence-corrected chi connectivity index (χ3v) is 14.1. The van der Waals surface area contributed by atoms with Gasteiger partial charge >= 0.3 is 0 Å². The highest BCUT2D eigenvalue weighted by Crippen LogP contribution is 2.43. The molecular weight excluding hydrogens is 457 g/mol. The summed E-state index contributed by atoms with van der Waals surface area (Å²) in [6.45, 7) is 8.00. The molecule has 4 aliphatic rings. The van der Waals surface area contributed by atoms with Gasteiger partial charge in [-0.3, -0.25) is 0 Å². The van der Waals surface area contributed by atoms with Crippen molar-refractivity contribution in [3.05, 3.63) is 25.3 Å². The number of hydrogen-bond acceptors (Lipinski definition) is 3. The quantitative estimate of drug-likeness (QED) is 0.271. The molecule has 0 aliphatic heterocycles. The van der Waals surface area contributed by atoms with Crippen molar-refractivity contribution < 1.29 is 0 Å². The Morgan fingerprint density at radius 1 is 0.455 bits per heavy atom. The first kappa shape index (κ1) is 26.6. The number of rotatable bonds is 10. The molecule has 0 saturated heterocycles. The third-order valence-electron chi connectivity index (χ3n) is 9.21. The maximum absolute atomic E-state index is 4.00. The Morgan fingerprint density at radius 3 is 1.12 bits per heavy atom. The van der Waals surface area contributed by atoms with Gasteiger partial charge in [-0.2, -0.15) is 35.3 Å². The largest absolute Gasteiger partial charge is 0.158 e. The van der Waals surface area contributed by atoms with Crippen molar-refractivity contribution >= 4 is 35.3 Å². The lowest BCUT2D eigenvalue weighted by Crippen LogP contribution is -2.25. The highest BCUT2D eigenvalue weighted by Gasteiger charge is 2.29. The lowest BCUT2D eigenvalue weighted by Gasteiger charge is -2.35. The number of hydrogen-bond donors (Lipinski definition) is 0. The summed E-state index contributed by atoms with van der Waals surface area (Å²) in [7, 11) is 0. The van der Waals surface area contributed by atoms with Crippen molar-refractivity contribution in [2.45, 2.75) is 124 Å². The van der Waals surface area contributed by atoms with E-state index < -0.39 is 0 Å². The molecule has 0 bridgehead atoms. The van der Waals surface area contributed by atoms with E-state index in [1.165, 1.54) is 114 Å². The second-order valence-electron chi connectivity index (χ2n) is 11.6. The summed E-state index contributed by atoms with van der Waals surface area (Å²) in [4.78, 5) is 0. The summed E-state index contributed by atoms with van der Waals surface area (Å²) in [5, 5.41) is 3.87.